The van der Waals surface area contributed by atoms with E-state index in [0.717, 1.165) is 17.5 Å². The maximum absolute atomic E-state index is 13.3. The molecule has 1 N–H and O–H groups in total. The van der Waals surface area contributed by atoms with E-state index in [0.29, 0.717) is 45.7 Å². The lowest BCUT2D eigenvalue weighted by Crippen LogP contribution is -2.51. The van der Waals surface area contributed by atoms with Gasteiger partial charge in [0.25, 0.3) is 0 Å². The average molecular weight is 364 g/mol. The van der Waals surface area contributed by atoms with E-state index in [1.807, 2.05) is 7.05 Å². The summed E-state index contributed by atoms with van der Waals surface area (Å²) in [6.07, 6.45) is 2.11. The van der Waals surface area contributed by atoms with E-state index < -0.39 is 11.6 Å². The normalized spacial score (nSPS) is 15.3. The molecular weight excluding hydrogens is 342 g/mol. The second kappa shape index (κ2) is 8.22. The van der Waals surface area contributed by atoms with Crippen LogP contribution in [0.5, 0.6) is 0 Å². The average Bonchev–Trinajstić information content (AvgIpc) is 3.04. The van der Waals surface area contributed by atoms with Crippen LogP contribution in [0, 0.1) is 11.6 Å². The maximum atomic E-state index is 13.3. The van der Waals surface area contributed by atoms with Gasteiger partial charge in [-0.1, -0.05) is 6.07 Å². The largest absolute Gasteiger partial charge is 0.338 e. The van der Waals surface area contributed by atoms with Crippen molar-refractivity contribution >= 4 is 6.03 Å². The predicted octanol–water partition coefficient (Wildman–Crippen LogP) is 1.16. The van der Waals surface area contributed by atoms with Crippen LogP contribution in [0.2, 0.25) is 0 Å². The van der Waals surface area contributed by atoms with E-state index in [4.69, 9.17) is 0 Å². The first kappa shape index (κ1) is 18.2. The number of piperazine rings is 1. The van der Waals surface area contributed by atoms with Crippen molar-refractivity contribution in [2.24, 2.45) is 7.05 Å². The lowest BCUT2D eigenvalue weighted by Gasteiger charge is -2.34. The number of aryl methyl sites for hydroxylation is 1. The summed E-state index contributed by atoms with van der Waals surface area (Å²) in [5, 5.41) is 6.88. The second-order valence-electron chi connectivity index (χ2n) is 6.29. The number of urea groups is 1. The lowest BCUT2D eigenvalue weighted by atomic mass is 10.2. The highest BCUT2D eigenvalue weighted by molar-refractivity contribution is 5.74. The molecule has 1 fully saturated rings. The summed E-state index contributed by atoms with van der Waals surface area (Å²) >= 11 is 0. The van der Waals surface area contributed by atoms with Crippen LogP contribution in [-0.2, 0) is 20.0 Å². The summed E-state index contributed by atoms with van der Waals surface area (Å²) < 4.78 is 27.9. The molecule has 0 atom stereocenters. The number of nitrogens with zero attached hydrogens (tertiary/aromatic N) is 5. The summed E-state index contributed by atoms with van der Waals surface area (Å²) in [6.45, 7) is 3.61. The molecule has 140 valence electrons. The van der Waals surface area contributed by atoms with E-state index >= 15 is 0 Å². The van der Waals surface area contributed by atoms with Gasteiger partial charge < -0.3 is 10.2 Å². The van der Waals surface area contributed by atoms with Crippen molar-refractivity contribution in [1.82, 2.24) is 29.9 Å². The number of carbonyl (C=O) groups excluding carboxylic acids is 1. The molecule has 0 radical (unpaired) electrons. The van der Waals surface area contributed by atoms with Gasteiger partial charge >= 0.3 is 6.03 Å². The van der Waals surface area contributed by atoms with Crippen LogP contribution in [0.4, 0.5) is 13.6 Å². The number of benzene rings is 1. The molecule has 0 bridgehead atoms. The molecule has 2 amide bonds. The molecule has 1 aromatic carbocycles. The van der Waals surface area contributed by atoms with Crippen molar-refractivity contribution in [3.8, 4) is 0 Å². The van der Waals surface area contributed by atoms with E-state index in [1.165, 1.54) is 12.4 Å². The number of halogens is 2. The van der Waals surface area contributed by atoms with Crippen LogP contribution in [0.15, 0.2) is 24.5 Å². The van der Waals surface area contributed by atoms with Crippen LogP contribution in [0.25, 0.3) is 0 Å². The summed E-state index contributed by atoms with van der Waals surface area (Å²) in [4.78, 5) is 20.2. The number of hydrogen-bond donors (Lipinski definition) is 1. The zero-order valence-corrected chi connectivity index (χ0v) is 14.7. The van der Waals surface area contributed by atoms with E-state index in [1.54, 1.807) is 15.6 Å². The fourth-order valence-electron chi connectivity index (χ4n) is 2.94. The Labute approximate surface area is 150 Å². The number of nitrogens with one attached hydrogen (secondary N) is 1. The molecule has 0 aliphatic carbocycles. The van der Waals surface area contributed by atoms with Gasteiger partial charge in [-0.05, 0) is 17.7 Å². The summed E-state index contributed by atoms with van der Waals surface area (Å²) in [5.74, 6) is -0.846. The third kappa shape index (κ3) is 4.54. The first-order valence-corrected chi connectivity index (χ1v) is 8.55. The molecule has 0 unspecified atom stereocenters. The zero-order chi connectivity index (χ0) is 18.5. The Morgan fingerprint density at radius 2 is 1.96 bits per heavy atom. The van der Waals surface area contributed by atoms with Crippen LogP contribution >= 0.6 is 0 Å². The van der Waals surface area contributed by atoms with Crippen molar-refractivity contribution in [2.75, 3.05) is 32.7 Å². The van der Waals surface area contributed by atoms with Gasteiger partial charge in [0.15, 0.2) is 11.6 Å². The molecule has 1 aliphatic heterocycles. The summed E-state index contributed by atoms with van der Waals surface area (Å²) in [5.41, 5.74) is 0.727. The predicted molar refractivity (Wildman–Crippen MR) is 91.3 cm³/mol. The van der Waals surface area contributed by atoms with E-state index in [2.05, 4.69) is 20.3 Å². The van der Waals surface area contributed by atoms with Gasteiger partial charge in [-0.3, -0.25) is 9.58 Å². The Kier molecular flexibility index (Phi) is 5.77. The SMILES string of the molecule is Cn1ncnc1CCNC(=O)N1CCN(Cc2ccc(F)c(F)c2)CC1. The molecular formula is C17H22F2N6O. The standard InChI is InChI=1S/C17H22F2N6O/c1-23-16(21-12-22-23)4-5-20-17(26)25-8-6-24(7-9-25)11-13-2-3-14(18)15(19)10-13/h2-3,10,12H,4-9,11H2,1H3,(H,20,26). The molecule has 0 spiro atoms. The number of hydrogen-bond acceptors (Lipinski definition) is 4. The highest BCUT2D eigenvalue weighted by Gasteiger charge is 2.21. The third-order valence-electron chi connectivity index (χ3n) is 4.48. The van der Waals surface area contributed by atoms with Crippen molar-refractivity contribution in [3.05, 3.63) is 47.5 Å². The van der Waals surface area contributed by atoms with Crippen molar-refractivity contribution in [3.63, 3.8) is 0 Å². The van der Waals surface area contributed by atoms with Gasteiger partial charge in [0.05, 0.1) is 0 Å². The second-order valence-corrected chi connectivity index (χ2v) is 6.29. The zero-order valence-electron chi connectivity index (χ0n) is 14.7. The van der Waals surface area contributed by atoms with Crippen LogP contribution in [0.3, 0.4) is 0 Å². The topological polar surface area (TPSA) is 66.3 Å². The minimum Gasteiger partial charge on any atom is -0.338 e. The Morgan fingerprint density at radius 1 is 1.19 bits per heavy atom. The Balaban J connectivity index is 1.40. The lowest BCUT2D eigenvalue weighted by molar-refractivity contribution is 0.135. The molecule has 9 heteroatoms. The first-order valence-electron chi connectivity index (χ1n) is 8.55. The third-order valence-corrected chi connectivity index (χ3v) is 4.48. The van der Waals surface area contributed by atoms with Gasteiger partial charge in [-0.15, -0.1) is 0 Å². The molecule has 2 heterocycles. The van der Waals surface area contributed by atoms with Crippen LogP contribution in [0.1, 0.15) is 11.4 Å². The van der Waals surface area contributed by atoms with Gasteiger partial charge in [-0.25, -0.2) is 18.6 Å². The smallest absolute Gasteiger partial charge is 0.317 e. The molecule has 2 aromatic rings. The van der Waals surface area contributed by atoms with Crippen molar-refractivity contribution in [2.45, 2.75) is 13.0 Å². The molecule has 1 aliphatic rings. The number of carbonyl (C=O) groups is 1. The molecule has 7 nitrogen and oxygen atoms in total. The monoisotopic (exact) mass is 364 g/mol. The highest BCUT2D eigenvalue weighted by atomic mass is 19.2. The van der Waals surface area contributed by atoms with Gasteiger partial charge in [-0.2, -0.15) is 5.10 Å². The van der Waals surface area contributed by atoms with Crippen molar-refractivity contribution in [1.29, 1.82) is 0 Å². The number of aromatic nitrogens is 3. The van der Waals surface area contributed by atoms with E-state index in [9.17, 15) is 13.6 Å². The highest BCUT2D eigenvalue weighted by Crippen LogP contribution is 2.12. The van der Waals surface area contributed by atoms with Gasteiger partial charge in [0.2, 0.25) is 0 Å². The van der Waals surface area contributed by atoms with Gasteiger partial charge in [0.1, 0.15) is 12.2 Å². The van der Waals surface area contributed by atoms with Crippen LogP contribution in [-0.4, -0.2) is 63.3 Å². The summed E-state index contributed by atoms with van der Waals surface area (Å²) in [6, 6.07) is 3.86. The molecule has 26 heavy (non-hydrogen) atoms. The first-order chi connectivity index (χ1) is 12.5. The Hall–Kier alpha value is -2.55. The van der Waals surface area contributed by atoms with Crippen LogP contribution < -0.4 is 5.32 Å². The molecule has 1 aromatic heterocycles. The van der Waals surface area contributed by atoms with Crippen molar-refractivity contribution < 1.29 is 13.6 Å². The summed E-state index contributed by atoms with van der Waals surface area (Å²) in [7, 11) is 1.82. The number of amides is 2. The molecule has 1 saturated heterocycles. The quantitative estimate of drug-likeness (QED) is 0.865. The van der Waals surface area contributed by atoms with Gasteiger partial charge in [0, 0.05) is 52.7 Å². The number of rotatable bonds is 5. The Bertz CT molecular complexity index is 757. The van der Waals surface area contributed by atoms with E-state index in [-0.39, 0.29) is 6.03 Å². The Morgan fingerprint density at radius 3 is 2.62 bits per heavy atom. The minimum absolute atomic E-state index is 0.0976. The minimum atomic E-state index is -0.837. The molecule has 3 rings (SSSR count). The maximum Gasteiger partial charge on any atom is 0.317 e. The fraction of sp³-hybridized carbons (Fsp3) is 0.471. The molecule has 0 saturated carbocycles. The fourth-order valence-corrected chi connectivity index (χ4v) is 2.94.